The zero-order valence-electron chi connectivity index (χ0n) is 10.5. The highest BCUT2D eigenvalue weighted by Gasteiger charge is 2.13. The number of hydrogen-bond donors (Lipinski definition) is 2. The molecule has 7 heteroatoms. The van der Waals surface area contributed by atoms with Gasteiger partial charge in [0.25, 0.3) is 0 Å². The number of benzene rings is 1. The Morgan fingerprint density at radius 2 is 2.26 bits per heavy atom. The monoisotopic (exact) mass is 324 g/mol. The summed E-state index contributed by atoms with van der Waals surface area (Å²) in [7, 11) is 1.87. The van der Waals surface area contributed by atoms with Crippen LogP contribution in [0.15, 0.2) is 29.0 Å². The number of nitrogens with one attached hydrogen (secondary N) is 1. The Labute approximate surface area is 118 Å². The fourth-order valence-corrected chi connectivity index (χ4v) is 2.33. The van der Waals surface area contributed by atoms with Gasteiger partial charge in [-0.15, -0.1) is 10.2 Å². The van der Waals surface area contributed by atoms with Gasteiger partial charge in [0.05, 0.1) is 11.6 Å². The number of hydrogen-bond acceptors (Lipinski definition) is 4. The average Bonchev–Trinajstić information content (AvgIpc) is 2.75. The van der Waals surface area contributed by atoms with Gasteiger partial charge < -0.3 is 15.0 Å². The van der Waals surface area contributed by atoms with Gasteiger partial charge in [-0.1, -0.05) is 0 Å². The van der Waals surface area contributed by atoms with Crippen LogP contribution in [-0.2, 0) is 7.05 Å². The summed E-state index contributed by atoms with van der Waals surface area (Å²) in [4.78, 5) is 10.9. The molecular formula is C12H13BrN4O2. The molecule has 0 saturated heterocycles. The Balaban J connectivity index is 2.18. The molecule has 1 aromatic carbocycles. The molecule has 1 unspecified atom stereocenters. The summed E-state index contributed by atoms with van der Waals surface area (Å²) in [5.74, 6) is -0.154. The van der Waals surface area contributed by atoms with Crippen LogP contribution in [0.1, 0.15) is 29.1 Å². The molecule has 0 aliphatic rings. The summed E-state index contributed by atoms with van der Waals surface area (Å²) >= 11 is 3.25. The molecule has 19 heavy (non-hydrogen) atoms. The molecule has 1 aromatic heterocycles. The van der Waals surface area contributed by atoms with Gasteiger partial charge in [-0.05, 0) is 41.1 Å². The zero-order valence-corrected chi connectivity index (χ0v) is 12.0. The smallest absolute Gasteiger partial charge is 0.336 e. The zero-order chi connectivity index (χ0) is 14.0. The average molecular weight is 325 g/mol. The topological polar surface area (TPSA) is 80.0 Å². The molecule has 2 rings (SSSR count). The van der Waals surface area contributed by atoms with E-state index in [4.69, 9.17) is 5.11 Å². The van der Waals surface area contributed by atoms with Crippen LogP contribution in [0.25, 0.3) is 0 Å². The van der Waals surface area contributed by atoms with Crippen molar-refractivity contribution in [3.63, 3.8) is 0 Å². The molecule has 0 bridgehead atoms. The maximum Gasteiger partial charge on any atom is 0.336 e. The third-order valence-electron chi connectivity index (χ3n) is 2.72. The van der Waals surface area contributed by atoms with Crippen molar-refractivity contribution < 1.29 is 9.90 Å². The minimum Gasteiger partial charge on any atom is -0.478 e. The van der Waals surface area contributed by atoms with Gasteiger partial charge in [0.1, 0.15) is 6.33 Å². The van der Waals surface area contributed by atoms with Crippen LogP contribution in [0.4, 0.5) is 5.69 Å². The molecule has 1 atom stereocenters. The van der Waals surface area contributed by atoms with Crippen LogP contribution >= 0.6 is 15.9 Å². The first-order valence-corrected chi connectivity index (χ1v) is 6.41. The molecule has 0 saturated carbocycles. The lowest BCUT2D eigenvalue weighted by Crippen LogP contribution is -2.12. The summed E-state index contributed by atoms with van der Waals surface area (Å²) in [5.41, 5.74) is 1.05. The number of carbonyl (C=O) groups is 1. The van der Waals surface area contributed by atoms with Gasteiger partial charge in [0, 0.05) is 17.2 Å². The van der Waals surface area contributed by atoms with Gasteiger partial charge in [0.2, 0.25) is 0 Å². The molecule has 0 spiro atoms. The van der Waals surface area contributed by atoms with Crippen molar-refractivity contribution >= 4 is 27.6 Å². The second-order valence-electron chi connectivity index (χ2n) is 4.17. The molecule has 0 amide bonds. The molecule has 2 N–H and O–H groups in total. The Morgan fingerprint density at radius 1 is 1.53 bits per heavy atom. The van der Waals surface area contributed by atoms with Crippen LogP contribution in [0.3, 0.4) is 0 Å². The van der Waals surface area contributed by atoms with E-state index >= 15 is 0 Å². The fraction of sp³-hybridized carbons (Fsp3) is 0.250. The fourth-order valence-electron chi connectivity index (χ4n) is 1.78. The number of anilines is 1. The van der Waals surface area contributed by atoms with Gasteiger partial charge in [0.15, 0.2) is 5.82 Å². The van der Waals surface area contributed by atoms with Gasteiger partial charge >= 0.3 is 5.97 Å². The number of aromatic nitrogens is 3. The highest BCUT2D eigenvalue weighted by Crippen LogP contribution is 2.24. The molecule has 0 aliphatic carbocycles. The highest BCUT2D eigenvalue weighted by atomic mass is 79.9. The van der Waals surface area contributed by atoms with Crippen molar-refractivity contribution in [1.82, 2.24) is 14.8 Å². The highest BCUT2D eigenvalue weighted by molar-refractivity contribution is 9.10. The van der Waals surface area contributed by atoms with E-state index in [1.807, 2.05) is 18.5 Å². The van der Waals surface area contributed by atoms with Crippen molar-refractivity contribution in [2.75, 3.05) is 5.32 Å². The van der Waals surface area contributed by atoms with Crippen LogP contribution < -0.4 is 5.32 Å². The van der Waals surface area contributed by atoms with E-state index in [0.717, 1.165) is 11.5 Å². The van der Waals surface area contributed by atoms with Crippen molar-refractivity contribution in [3.05, 3.63) is 40.4 Å². The second kappa shape index (κ2) is 5.40. The number of rotatable bonds is 4. The normalized spacial score (nSPS) is 12.2. The van der Waals surface area contributed by atoms with E-state index < -0.39 is 5.97 Å². The van der Waals surface area contributed by atoms with Crippen LogP contribution in [0.2, 0.25) is 0 Å². The number of nitrogens with zero attached hydrogens (tertiary/aromatic N) is 3. The maximum absolute atomic E-state index is 10.9. The van der Waals surface area contributed by atoms with Crippen molar-refractivity contribution in [3.8, 4) is 0 Å². The van der Waals surface area contributed by atoms with Crippen molar-refractivity contribution in [2.45, 2.75) is 13.0 Å². The van der Waals surface area contributed by atoms with Crippen LogP contribution in [0.5, 0.6) is 0 Å². The first kappa shape index (κ1) is 13.5. The minimum absolute atomic E-state index is 0.0323. The first-order chi connectivity index (χ1) is 8.99. The summed E-state index contributed by atoms with van der Waals surface area (Å²) in [6, 6.07) is 4.98. The number of carboxylic acid groups (broad SMARTS) is 1. The van der Waals surface area contributed by atoms with Gasteiger partial charge in [-0.2, -0.15) is 0 Å². The SMILES string of the molecule is CC(Nc1ccc(C(=O)O)c(Br)c1)c1nncn1C. The number of aromatic carboxylic acids is 1. The van der Waals surface area contributed by atoms with Crippen molar-refractivity contribution in [1.29, 1.82) is 0 Å². The quantitative estimate of drug-likeness (QED) is 0.902. The Hall–Kier alpha value is -1.89. The molecule has 2 aromatic rings. The van der Waals surface area contributed by atoms with E-state index in [-0.39, 0.29) is 11.6 Å². The van der Waals surface area contributed by atoms with Gasteiger partial charge in [-0.25, -0.2) is 4.79 Å². The molecule has 0 fully saturated rings. The molecule has 1 heterocycles. The van der Waals surface area contributed by atoms with E-state index in [2.05, 4.69) is 31.4 Å². The van der Waals surface area contributed by atoms with Crippen LogP contribution in [0, 0.1) is 0 Å². The maximum atomic E-state index is 10.9. The number of aryl methyl sites for hydroxylation is 1. The lowest BCUT2D eigenvalue weighted by Gasteiger charge is -2.15. The first-order valence-electron chi connectivity index (χ1n) is 5.62. The Kier molecular flexibility index (Phi) is 3.84. The van der Waals surface area contributed by atoms with Crippen LogP contribution in [-0.4, -0.2) is 25.8 Å². The largest absolute Gasteiger partial charge is 0.478 e. The Bertz CT molecular complexity index is 612. The molecule has 100 valence electrons. The predicted molar refractivity (Wildman–Crippen MR) is 74.1 cm³/mol. The van der Waals surface area contributed by atoms with E-state index in [9.17, 15) is 4.79 Å². The third kappa shape index (κ3) is 2.93. The predicted octanol–water partition coefficient (Wildman–Crippen LogP) is 2.45. The van der Waals surface area contributed by atoms with Gasteiger partial charge in [-0.3, -0.25) is 0 Å². The standard InChI is InChI=1S/C12H13BrN4O2/c1-7(11-16-14-6-17(11)2)15-8-3-4-9(12(18)19)10(13)5-8/h3-7,15H,1-2H3,(H,18,19). The molecule has 6 nitrogen and oxygen atoms in total. The van der Waals surface area contributed by atoms with E-state index in [1.165, 1.54) is 0 Å². The summed E-state index contributed by atoms with van der Waals surface area (Å²) in [6.45, 7) is 1.96. The van der Waals surface area contributed by atoms with Crippen molar-refractivity contribution in [2.24, 2.45) is 7.05 Å². The third-order valence-corrected chi connectivity index (χ3v) is 3.37. The molecule has 0 aliphatic heterocycles. The second-order valence-corrected chi connectivity index (χ2v) is 5.02. The van der Waals surface area contributed by atoms with E-state index in [0.29, 0.717) is 4.47 Å². The number of carboxylic acids is 1. The minimum atomic E-state index is -0.959. The molecular weight excluding hydrogens is 312 g/mol. The summed E-state index contributed by atoms with van der Waals surface area (Å²) in [5, 5.41) is 20.0. The number of halogens is 1. The van der Waals surface area contributed by atoms with E-state index in [1.54, 1.807) is 24.5 Å². The Morgan fingerprint density at radius 3 is 2.79 bits per heavy atom. The lowest BCUT2D eigenvalue weighted by molar-refractivity contribution is 0.0696. The summed E-state index contributed by atoms with van der Waals surface area (Å²) in [6.07, 6.45) is 1.64. The lowest BCUT2D eigenvalue weighted by atomic mass is 10.2. The molecule has 0 radical (unpaired) electrons. The summed E-state index contributed by atoms with van der Waals surface area (Å²) < 4.78 is 2.37.